The fourth-order valence-corrected chi connectivity index (χ4v) is 5.43. The van der Waals surface area contributed by atoms with Crippen LogP contribution in [0, 0.1) is 5.92 Å². The van der Waals surface area contributed by atoms with Crippen LogP contribution in [0.4, 0.5) is 17.3 Å². The molecule has 0 atom stereocenters. The van der Waals surface area contributed by atoms with Gasteiger partial charge < -0.3 is 19.6 Å². The van der Waals surface area contributed by atoms with Crippen molar-refractivity contribution in [2.24, 2.45) is 5.92 Å². The minimum absolute atomic E-state index is 0.111. The number of nitrogens with zero attached hydrogens (tertiary/aromatic N) is 6. The van der Waals surface area contributed by atoms with Crippen molar-refractivity contribution in [3.05, 3.63) is 41.4 Å². The van der Waals surface area contributed by atoms with E-state index >= 15 is 0 Å². The minimum Gasteiger partial charge on any atom is -0.368 e. The van der Waals surface area contributed by atoms with E-state index in [0.29, 0.717) is 5.91 Å². The van der Waals surface area contributed by atoms with Crippen LogP contribution in [0.5, 0.6) is 0 Å². The predicted octanol–water partition coefficient (Wildman–Crippen LogP) is 3.69. The van der Waals surface area contributed by atoms with Gasteiger partial charge in [-0.25, -0.2) is 0 Å². The molecule has 1 amide bonds. The zero-order valence-corrected chi connectivity index (χ0v) is 20.0. The highest BCUT2D eigenvalue weighted by Crippen LogP contribution is 2.26. The fourth-order valence-electron chi connectivity index (χ4n) is 5.25. The molecular weight excluding hydrogens is 436 g/mol. The summed E-state index contributed by atoms with van der Waals surface area (Å²) < 4.78 is 0. The number of piperidine rings is 2. The first kappa shape index (κ1) is 22.3. The van der Waals surface area contributed by atoms with Crippen LogP contribution >= 0.6 is 11.6 Å². The van der Waals surface area contributed by atoms with Crippen molar-refractivity contribution in [1.82, 2.24) is 15.1 Å². The number of halogens is 1. The number of amides is 1. The number of aromatic nitrogens is 2. The zero-order valence-electron chi connectivity index (χ0n) is 19.2. The van der Waals surface area contributed by atoms with E-state index in [1.54, 1.807) is 0 Å². The van der Waals surface area contributed by atoms with E-state index in [0.717, 1.165) is 87.5 Å². The third kappa shape index (κ3) is 5.18. The average Bonchev–Trinajstić information content (AvgIpc) is 2.89. The first-order chi connectivity index (χ1) is 16.2. The summed E-state index contributed by atoms with van der Waals surface area (Å²) in [7, 11) is 0. The molecule has 8 heteroatoms. The predicted molar refractivity (Wildman–Crippen MR) is 133 cm³/mol. The van der Waals surface area contributed by atoms with Gasteiger partial charge in [0.25, 0.3) is 0 Å². The molecule has 1 aromatic carbocycles. The van der Waals surface area contributed by atoms with Crippen LogP contribution in [0.1, 0.15) is 32.1 Å². The Labute approximate surface area is 201 Å². The molecule has 4 heterocycles. The second-order valence-electron chi connectivity index (χ2n) is 9.35. The number of hydrogen-bond donors (Lipinski definition) is 0. The van der Waals surface area contributed by atoms with Crippen molar-refractivity contribution in [1.29, 1.82) is 0 Å². The second-order valence-corrected chi connectivity index (χ2v) is 9.79. The number of piperazine rings is 1. The molecule has 0 N–H and O–H groups in total. The van der Waals surface area contributed by atoms with Crippen molar-refractivity contribution in [3.8, 4) is 0 Å². The molecule has 3 aliphatic rings. The summed E-state index contributed by atoms with van der Waals surface area (Å²) in [4.78, 5) is 22.1. The van der Waals surface area contributed by atoms with Crippen molar-refractivity contribution >= 4 is 34.8 Å². The number of carbonyl (C=O) groups is 1. The Morgan fingerprint density at radius 1 is 0.758 bits per heavy atom. The molecule has 0 saturated carbocycles. The lowest BCUT2D eigenvalue weighted by Crippen LogP contribution is -2.51. The molecule has 2 aromatic rings. The number of benzene rings is 1. The second kappa shape index (κ2) is 10.2. The van der Waals surface area contributed by atoms with Crippen LogP contribution < -0.4 is 14.7 Å². The monoisotopic (exact) mass is 468 g/mol. The van der Waals surface area contributed by atoms with Gasteiger partial charge in [0.15, 0.2) is 11.6 Å². The van der Waals surface area contributed by atoms with E-state index in [9.17, 15) is 4.79 Å². The number of carbonyl (C=O) groups excluding carboxylic acids is 1. The van der Waals surface area contributed by atoms with Gasteiger partial charge in [-0.3, -0.25) is 4.79 Å². The highest BCUT2D eigenvalue weighted by molar-refractivity contribution is 6.30. The lowest BCUT2D eigenvalue weighted by molar-refractivity contribution is -0.136. The van der Waals surface area contributed by atoms with Crippen LogP contribution in [0.3, 0.4) is 0 Å². The molecular formula is C25H33ClN6O. The Balaban J connectivity index is 1.10. The lowest BCUT2D eigenvalue weighted by Gasteiger charge is -2.39. The van der Waals surface area contributed by atoms with Gasteiger partial charge in [-0.05, 0) is 62.4 Å². The SMILES string of the molecule is O=C(C1CCN(c2ccc(N3CCCCC3)nn2)CC1)N1CCN(c2cccc(Cl)c2)CC1. The Morgan fingerprint density at radius 3 is 2.00 bits per heavy atom. The van der Waals surface area contributed by atoms with E-state index in [1.807, 2.05) is 18.2 Å². The van der Waals surface area contributed by atoms with Crippen molar-refractivity contribution in [2.45, 2.75) is 32.1 Å². The average molecular weight is 469 g/mol. The zero-order chi connectivity index (χ0) is 22.6. The Bertz CT molecular complexity index is 932. The molecule has 0 spiro atoms. The normalized spacial score (nSPS) is 20.3. The van der Waals surface area contributed by atoms with E-state index in [-0.39, 0.29) is 5.92 Å². The van der Waals surface area contributed by atoms with Gasteiger partial charge in [-0.2, -0.15) is 0 Å². The van der Waals surface area contributed by atoms with Gasteiger partial charge in [-0.1, -0.05) is 17.7 Å². The van der Waals surface area contributed by atoms with Crippen LogP contribution in [-0.2, 0) is 4.79 Å². The van der Waals surface area contributed by atoms with Gasteiger partial charge in [0.2, 0.25) is 5.91 Å². The molecule has 0 unspecified atom stereocenters. The van der Waals surface area contributed by atoms with E-state index in [1.165, 1.54) is 19.3 Å². The fraction of sp³-hybridized carbons (Fsp3) is 0.560. The lowest BCUT2D eigenvalue weighted by atomic mass is 9.95. The third-order valence-corrected chi connectivity index (χ3v) is 7.48. The maximum absolute atomic E-state index is 13.1. The molecule has 0 radical (unpaired) electrons. The standard InChI is InChI=1S/C25H33ClN6O/c26-21-5-4-6-22(19-21)29-15-17-32(18-16-29)25(33)20-9-13-31(14-10-20)24-8-7-23(27-28-24)30-11-2-1-3-12-30/h4-8,19-20H,1-3,9-18H2. The number of hydrogen-bond acceptors (Lipinski definition) is 6. The number of anilines is 3. The van der Waals surface area contributed by atoms with Crippen LogP contribution in [0.15, 0.2) is 36.4 Å². The smallest absolute Gasteiger partial charge is 0.225 e. The highest BCUT2D eigenvalue weighted by Gasteiger charge is 2.31. The molecule has 5 rings (SSSR count). The van der Waals surface area contributed by atoms with Gasteiger partial charge in [0.05, 0.1) is 0 Å². The molecule has 3 aliphatic heterocycles. The molecule has 3 fully saturated rings. The molecule has 33 heavy (non-hydrogen) atoms. The minimum atomic E-state index is 0.111. The molecule has 7 nitrogen and oxygen atoms in total. The third-order valence-electron chi connectivity index (χ3n) is 7.25. The quantitative estimate of drug-likeness (QED) is 0.682. The molecule has 0 aliphatic carbocycles. The van der Waals surface area contributed by atoms with E-state index < -0.39 is 0 Å². The molecule has 176 valence electrons. The summed E-state index contributed by atoms with van der Waals surface area (Å²) in [6.07, 6.45) is 5.54. The van der Waals surface area contributed by atoms with Crippen LogP contribution in [-0.4, -0.2) is 73.4 Å². The van der Waals surface area contributed by atoms with Gasteiger partial charge in [-0.15, -0.1) is 10.2 Å². The van der Waals surface area contributed by atoms with E-state index in [2.05, 4.69) is 48.0 Å². The van der Waals surface area contributed by atoms with Gasteiger partial charge >= 0.3 is 0 Å². The van der Waals surface area contributed by atoms with Gasteiger partial charge in [0.1, 0.15) is 0 Å². The molecule has 3 saturated heterocycles. The van der Waals surface area contributed by atoms with Crippen LogP contribution in [0.25, 0.3) is 0 Å². The summed E-state index contributed by atoms with van der Waals surface area (Å²) in [6.45, 7) is 7.12. The highest BCUT2D eigenvalue weighted by atomic mass is 35.5. The summed E-state index contributed by atoms with van der Waals surface area (Å²) in [5.41, 5.74) is 1.13. The molecule has 1 aromatic heterocycles. The van der Waals surface area contributed by atoms with E-state index in [4.69, 9.17) is 11.6 Å². The summed E-state index contributed by atoms with van der Waals surface area (Å²) >= 11 is 6.14. The largest absolute Gasteiger partial charge is 0.368 e. The van der Waals surface area contributed by atoms with Crippen molar-refractivity contribution in [2.75, 3.05) is 67.1 Å². The first-order valence-corrected chi connectivity index (χ1v) is 12.7. The maximum Gasteiger partial charge on any atom is 0.225 e. The summed E-state index contributed by atoms with van der Waals surface area (Å²) in [5.74, 6) is 2.34. The summed E-state index contributed by atoms with van der Waals surface area (Å²) in [5, 5.41) is 9.75. The number of rotatable bonds is 4. The van der Waals surface area contributed by atoms with Crippen LogP contribution in [0.2, 0.25) is 5.02 Å². The Morgan fingerprint density at radius 2 is 1.39 bits per heavy atom. The maximum atomic E-state index is 13.1. The topological polar surface area (TPSA) is 55.8 Å². The summed E-state index contributed by atoms with van der Waals surface area (Å²) in [6, 6.07) is 12.1. The van der Waals surface area contributed by atoms with Gasteiger partial charge in [0, 0.05) is 69.0 Å². The Kier molecular flexibility index (Phi) is 6.85. The first-order valence-electron chi connectivity index (χ1n) is 12.3. The Hall–Kier alpha value is -2.54. The van der Waals surface area contributed by atoms with Crippen molar-refractivity contribution < 1.29 is 4.79 Å². The molecule has 0 bridgehead atoms. The van der Waals surface area contributed by atoms with Crippen molar-refractivity contribution in [3.63, 3.8) is 0 Å².